The summed E-state index contributed by atoms with van der Waals surface area (Å²) in [6.45, 7) is 0.413. The predicted molar refractivity (Wildman–Crippen MR) is 79.0 cm³/mol. The van der Waals surface area contributed by atoms with E-state index in [4.69, 9.17) is 10.8 Å². The lowest BCUT2D eigenvalue weighted by Gasteiger charge is -2.23. The maximum absolute atomic E-state index is 12.2. The Morgan fingerprint density at radius 1 is 1.38 bits per heavy atom. The normalized spacial score (nSPS) is 17.6. The highest BCUT2D eigenvalue weighted by atomic mass is 79.9. The molecule has 1 saturated heterocycles. The van der Waals surface area contributed by atoms with Crippen molar-refractivity contribution in [1.29, 1.82) is 0 Å². The van der Waals surface area contributed by atoms with E-state index in [1.54, 1.807) is 6.07 Å². The first-order valence-corrected chi connectivity index (χ1v) is 7.09. The topological polar surface area (TPSA) is 113 Å². The Kier molecular flexibility index (Phi) is 4.46. The van der Waals surface area contributed by atoms with Gasteiger partial charge >= 0.3 is 12.0 Å². The minimum absolute atomic E-state index is 0.0265. The summed E-state index contributed by atoms with van der Waals surface area (Å²) in [5, 5.41) is 11.6. The van der Waals surface area contributed by atoms with Gasteiger partial charge in [0.15, 0.2) is 0 Å². The van der Waals surface area contributed by atoms with E-state index in [9.17, 15) is 14.4 Å². The number of primary amides is 1. The highest BCUT2D eigenvalue weighted by Gasteiger charge is 2.33. The molecule has 112 valence electrons. The number of nitrogens with zero attached hydrogens (tertiary/aromatic N) is 1. The van der Waals surface area contributed by atoms with E-state index >= 15 is 0 Å². The lowest BCUT2D eigenvalue weighted by Crippen LogP contribution is -2.45. The average molecular weight is 356 g/mol. The number of carbonyl (C=O) groups excluding carboxylic acids is 2. The van der Waals surface area contributed by atoms with Crippen LogP contribution in [0.2, 0.25) is 0 Å². The molecule has 21 heavy (non-hydrogen) atoms. The molecular weight excluding hydrogens is 342 g/mol. The summed E-state index contributed by atoms with van der Waals surface area (Å²) in [6.07, 6.45) is 1.21. The summed E-state index contributed by atoms with van der Waals surface area (Å²) in [5.41, 5.74) is 5.40. The van der Waals surface area contributed by atoms with Crippen LogP contribution in [0.1, 0.15) is 23.2 Å². The van der Waals surface area contributed by atoms with Crippen molar-refractivity contribution in [1.82, 2.24) is 4.90 Å². The van der Waals surface area contributed by atoms with Gasteiger partial charge in [0, 0.05) is 11.0 Å². The Morgan fingerprint density at radius 2 is 2.10 bits per heavy atom. The third kappa shape index (κ3) is 3.33. The zero-order valence-corrected chi connectivity index (χ0v) is 12.6. The molecule has 1 fully saturated rings. The second-order valence-electron chi connectivity index (χ2n) is 4.68. The van der Waals surface area contributed by atoms with E-state index in [0.717, 1.165) is 0 Å². The van der Waals surface area contributed by atoms with Crippen molar-refractivity contribution < 1.29 is 19.5 Å². The quantitative estimate of drug-likeness (QED) is 0.764. The number of anilines is 1. The Balaban J connectivity index is 2.21. The minimum atomic E-state index is -1.15. The summed E-state index contributed by atoms with van der Waals surface area (Å²) in [5.74, 6) is -1.71. The maximum Gasteiger partial charge on any atom is 0.337 e. The van der Waals surface area contributed by atoms with E-state index in [1.807, 2.05) is 0 Å². The summed E-state index contributed by atoms with van der Waals surface area (Å²) in [6, 6.07) is 3.28. The molecule has 4 N–H and O–H groups in total. The number of amides is 3. The van der Waals surface area contributed by atoms with Crippen LogP contribution in [0, 0.1) is 0 Å². The van der Waals surface area contributed by atoms with Gasteiger partial charge in [-0.3, -0.25) is 4.79 Å². The third-order valence-electron chi connectivity index (χ3n) is 3.30. The molecule has 3 amide bonds. The van der Waals surface area contributed by atoms with Crippen molar-refractivity contribution >= 4 is 39.5 Å². The van der Waals surface area contributed by atoms with Crippen LogP contribution in [-0.2, 0) is 4.79 Å². The molecule has 1 aliphatic heterocycles. The number of aromatic carboxylic acids is 1. The van der Waals surface area contributed by atoms with Gasteiger partial charge in [-0.05, 0) is 31.0 Å². The van der Waals surface area contributed by atoms with Crippen molar-refractivity contribution in [3.8, 4) is 0 Å². The van der Waals surface area contributed by atoms with Crippen LogP contribution < -0.4 is 11.1 Å². The zero-order chi connectivity index (χ0) is 15.6. The van der Waals surface area contributed by atoms with Crippen molar-refractivity contribution in [2.24, 2.45) is 5.73 Å². The Morgan fingerprint density at radius 3 is 2.71 bits per heavy atom. The molecule has 0 aromatic heterocycles. The highest BCUT2D eigenvalue weighted by Crippen LogP contribution is 2.24. The molecule has 0 spiro atoms. The highest BCUT2D eigenvalue weighted by molar-refractivity contribution is 9.10. The third-order valence-corrected chi connectivity index (χ3v) is 3.79. The zero-order valence-electron chi connectivity index (χ0n) is 11.0. The van der Waals surface area contributed by atoms with Gasteiger partial charge < -0.3 is 21.1 Å². The molecule has 1 aromatic rings. The smallest absolute Gasteiger partial charge is 0.337 e. The monoisotopic (exact) mass is 355 g/mol. The van der Waals surface area contributed by atoms with Crippen LogP contribution >= 0.6 is 15.9 Å². The number of likely N-dealkylation sites (tertiary alicyclic amines) is 1. The fourth-order valence-electron chi connectivity index (χ4n) is 2.30. The average Bonchev–Trinajstić information content (AvgIpc) is 2.87. The first-order chi connectivity index (χ1) is 9.90. The van der Waals surface area contributed by atoms with Crippen LogP contribution in [0.5, 0.6) is 0 Å². The van der Waals surface area contributed by atoms with Crippen LogP contribution in [0.4, 0.5) is 10.5 Å². The fraction of sp³-hybridized carbons (Fsp3) is 0.308. The van der Waals surface area contributed by atoms with Gasteiger partial charge in [-0.15, -0.1) is 0 Å². The molecular formula is C13H14BrN3O4. The molecule has 2 rings (SSSR count). The van der Waals surface area contributed by atoms with Gasteiger partial charge in [0.05, 0.1) is 11.3 Å². The number of urea groups is 1. The molecule has 0 saturated carbocycles. The van der Waals surface area contributed by atoms with E-state index in [1.165, 1.54) is 17.0 Å². The molecule has 1 heterocycles. The van der Waals surface area contributed by atoms with E-state index in [2.05, 4.69) is 21.2 Å². The standard InChI is InChI=1S/C13H14BrN3O4/c14-7-3-4-8(12(19)20)9(6-7)16-13(21)17-5-1-2-10(17)11(15)18/h3-4,6,10H,1-2,5H2,(H2,15,18)(H,16,21)(H,19,20). The van der Waals surface area contributed by atoms with Crippen LogP contribution in [0.25, 0.3) is 0 Å². The number of rotatable bonds is 3. The first-order valence-electron chi connectivity index (χ1n) is 6.30. The van der Waals surface area contributed by atoms with E-state index in [0.29, 0.717) is 23.9 Å². The molecule has 1 aliphatic rings. The molecule has 0 bridgehead atoms. The Hall–Kier alpha value is -2.09. The van der Waals surface area contributed by atoms with Gasteiger partial charge in [0.25, 0.3) is 0 Å². The van der Waals surface area contributed by atoms with Crippen molar-refractivity contribution in [2.75, 3.05) is 11.9 Å². The SMILES string of the molecule is NC(=O)C1CCCN1C(=O)Nc1cc(Br)ccc1C(=O)O. The van der Waals surface area contributed by atoms with Gasteiger partial charge in [-0.2, -0.15) is 0 Å². The molecule has 1 aromatic carbocycles. The summed E-state index contributed by atoms with van der Waals surface area (Å²) in [4.78, 5) is 36.0. The first kappa shape index (κ1) is 15.3. The number of nitrogens with one attached hydrogen (secondary N) is 1. The lowest BCUT2D eigenvalue weighted by molar-refractivity contribution is -0.121. The van der Waals surface area contributed by atoms with Gasteiger partial charge in [-0.25, -0.2) is 9.59 Å². The number of nitrogens with two attached hydrogens (primary N) is 1. The van der Waals surface area contributed by atoms with Crippen molar-refractivity contribution in [2.45, 2.75) is 18.9 Å². The second kappa shape index (κ2) is 6.13. The number of benzene rings is 1. The van der Waals surface area contributed by atoms with E-state index in [-0.39, 0.29) is 11.3 Å². The largest absolute Gasteiger partial charge is 0.478 e. The van der Waals surface area contributed by atoms with Crippen molar-refractivity contribution in [3.05, 3.63) is 28.2 Å². The lowest BCUT2D eigenvalue weighted by atomic mass is 10.2. The minimum Gasteiger partial charge on any atom is -0.478 e. The molecule has 7 nitrogen and oxygen atoms in total. The molecule has 1 atom stereocenters. The summed E-state index contributed by atoms with van der Waals surface area (Å²) in [7, 11) is 0. The van der Waals surface area contributed by atoms with Gasteiger partial charge in [0.2, 0.25) is 5.91 Å². The Labute approximate surface area is 129 Å². The number of hydrogen-bond acceptors (Lipinski definition) is 3. The van der Waals surface area contributed by atoms with Crippen LogP contribution in [0.3, 0.4) is 0 Å². The molecule has 0 aliphatic carbocycles. The number of carboxylic acid groups (broad SMARTS) is 1. The number of halogens is 1. The van der Waals surface area contributed by atoms with Crippen LogP contribution in [-0.4, -0.2) is 40.5 Å². The Bertz CT molecular complexity index is 605. The number of carboxylic acids is 1. The second-order valence-corrected chi connectivity index (χ2v) is 5.59. The molecule has 8 heteroatoms. The summed E-state index contributed by atoms with van der Waals surface area (Å²) < 4.78 is 0.635. The van der Waals surface area contributed by atoms with Crippen LogP contribution in [0.15, 0.2) is 22.7 Å². The number of carbonyl (C=O) groups is 3. The number of hydrogen-bond donors (Lipinski definition) is 3. The summed E-state index contributed by atoms with van der Waals surface area (Å²) >= 11 is 3.22. The van der Waals surface area contributed by atoms with E-state index < -0.39 is 23.9 Å². The van der Waals surface area contributed by atoms with Crippen molar-refractivity contribution in [3.63, 3.8) is 0 Å². The molecule has 1 unspecified atom stereocenters. The van der Waals surface area contributed by atoms with Gasteiger partial charge in [0.1, 0.15) is 6.04 Å². The fourth-order valence-corrected chi connectivity index (χ4v) is 2.66. The maximum atomic E-state index is 12.2. The molecule has 0 radical (unpaired) electrons. The predicted octanol–water partition coefficient (Wildman–Crippen LogP) is 1.63. The van der Waals surface area contributed by atoms with Gasteiger partial charge in [-0.1, -0.05) is 15.9 Å².